The van der Waals surface area contributed by atoms with Gasteiger partial charge in [0.2, 0.25) is 0 Å². The van der Waals surface area contributed by atoms with Gasteiger partial charge in [0.15, 0.2) is 0 Å². The minimum atomic E-state index is -2.82. The van der Waals surface area contributed by atoms with Crippen molar-refractivity contribution >= 4 is 15.7 Å². The minimum Gasteiger partial charge on any atom is -0.480 e. The van der Waals surface area contributed by atoms with Crippen molar-refractivity contribution in [3.63, 3.8) is 0 Å². The molecule has 0 aromatic carbocycles. The molecular formula is C10H20N2O4S. The van der Waals surface area contributed by atoms with E-state index in [0.29, 0.717) is 19.3 Å². The molecule has 0 saturated heterocycles. The molecule has 0 amide bonds. The van der Waals surface area contributed by atoms with Crippen LogP contribution in [0.5, 0.6) is 0 Å². The van der Waals surface area contributed by atoms with Gasteiger partial charge in [-0.2, -0.15) is 0 Å². The summed E-state index contributed by atoms with van der Waals surface area (Å²) >= 11 is 0. The Balaban J connectivity index is 2.33. The van der Waals surface area contributed by atoms with Gasteiger partial charge in [-0.3, -0.25) is 9.57 Å². The molecule has 17 heavy (non-hydrogen) atoms. The SMILES string of the molecule is N=S(=O)(CCC(N)C(=O)O)CCC1(O)CCC1. The maximum Gasteiger partial charge on any atom is 0.320 e. The van der Waals surface area contributed by atoms with Crippen LogP contribution in [0.4, 0.5) is 0 Å². The lowest BCUT2D eigenvalue weighted by molar-refractivity contribution is -0.138. The van der Waals surface area contributed by atoms with E-state index in [1.807, 2.05) is 0 Å². The van der Waals surface area contributed by atoms with E-state index in [1.165, 1.54) is 0 Å². The Morgan fingerprint density at radius 1 is 1.47 bits per heavy atom. The van der Waals surface area contributed by atoms with E-state index in [4.69, 9.17) is 15.6 Å². The number of hydrogen-bond donors (Lipinski definition) is 4. The number of rotatable bonds is 7. The van der Waals surface area contributed by atoms with Crippen LogP contribution in [0.15, 0.2) is 0 Å². The summed E-state index contributed by atoms with van der Waals surface area (Å²) in [4.78, 5) is 10.5. The molecule has 0 spiro atoms. The summed E-state index contributed by atoms with van der Waals surface area (Å²) in [5.41, 5.74) is 4.55. The number of nitrogens with one attached hydrogen (secondary N) is 1. The zero-order chi connectivity index (χ0) is 13.1. The summed E-state index contributed by atoms with van der Waals surface area (Å²) in [5, 5.41) is 18.4. The molecule has 1 rings (SSSR count). The first kappa shape index (κ1) is 14.4. The maximum absolute atomic E-state index is 11.8. The summed E-state index contributed by atoms with van der Waals surface area (Å²) in [6.45, 7) is 0. The second-order valence-corrected chi connectivity index (χ2v) is 7.22. The van der Waals surface area contributed by atoms with Crippen LogP contribution in [0.25, 0.3) is 0 Å². The summed E-state index contributed by atoms with van der Waals surface area (Å²) in [7, 11) is -2.82. The number of aliphatic carboxylic acids is 1. The lowest BCUT2D eigenvalue weighted by Gasteiger charge is -2.36. The van der Waals surface area contributed by atoms with Gasteiger partial charge in [-0.1, -0.05) is 0 Å². The Morgan fingerprint density at radius 3 is 2.47 bits per heavy atom. The van der Waals surface area contributed by atoms with E-state index in [9.17, 15) is 14.1 Å². The highest BCUT2D eigenvalue weighted by atomic mass is 32.2. The van der Waals surface area contributed by atoms with E-state index in [0.717, 1.165) is 6.42 Å². The average molecular weight is 264 g/mol. The lowest BCUT2D eigenvalue weighted by atomic mass is 9.78. The van der Waals surface area contributed by atoms with Crippen molar-refractivity contribution in [2.45, 2.75) is 43.7 Å². The van der Waals surface area contributed by atoms with Crippen molar-refractivity contribution in [2.24, 2.45) is 5.73 Å². The zero-order valence-electron chi connectivity index (χ0n) is 9.72. The molecule has 1 fully saturated rings. The number of aliphatic hydroxyl groups is 1. The Labute approximate surface area is 101 Å². The van der Waals surface area contributed by atoms with Gasteiger partial charge in [0.05, 0.1) is 5.60 Å². The molecule has 100 valence electrons. The second-order valence-electron chi connectivity index (χ2n) is 4.78. The number of carbonyl (C=O) groups is 1. The molecule has 2 atom stereocenters. The largest absolute Gasteiger partial charge is 0.480 e. The Morgan fingerprint density at radius 2 is 2.06 bits per heavy atom. The van der Waals surface area contributed by atoms with Crippen LogP contribution in [0, 0.1) is 4.78 Å². The lowest BCUT2D eigenvalue weighted by Crippen LogP contribution is -2.39. The molecule has 1 aliphatic carbocycles. The van der Waals surface area contributed by atoms with E-state index < -0.39 is 27.3 Å². The minimum absolute atomic E-state index is 0.0173. The fourth-order valence-corrected chi connectivity index (χ4v) is 3.28. The number of nitrogens with two attached hydrogens (primary N) is 1. The molecule has 7 heteroatoms. The molecular weight excluding hydrogens is 244 g/mol. The molecule has 6 nitrogen and oxygen atoms in total. The molecule has 1 aliphatic rings. The zero-order valence-corrected chi connectivity index (χ0v) is 10.5. The van der Waals surface area contributed by atoms with Gasteiger partial charge >= 0.3 is 5.97 Å². The van der Waals surface area contributed by atoms with Crippen molar-refractivity contribution in [2.75, 3.05) is 11.5 Å². The van der Waals surface area contributed by atoms with E-state index in [1.54, 1.807) is 0 Å². The van der Waals surface area contributed by atoms with Gasteiger partial charge in [-0.25, -0.2) is 4.21 Å². The first-order valence-electron chi connectivity index (χ1n) is 5.69. The predicted molar refractivity (Wildman–Crippen MR) is 64.2 cm³/mol. The maximum atomic E-state index is 11.8. The van der Waals surface area contributed by atoms with Crippen molar-refractivity contribution in [3.05, 3.63) is 0 Å². The predicted octanol–water partition coefficient (Wildman–Crippen LogP) is 0.140. The molecule has 0 radical (unpaired) electrons. The van der Waals surface area contributed by atoms with Crippen LogP contribution in [-0.2, 0) is 14.5 Å². The summed E-state index contributed by atoms with van der Waals surface area (Å²) in [5.74, 6) is -1.04. The third kappa shape index (κ3) is 4.61. The first-order valence-corrected chi connectivity index (χ1v) is 7.59. The summed E-state index contributed by atoms with van der Waals surface area (Å²) < 4.78 is 19.4. The van der Waals surface area contributed by atoms with Crippen molar-refractivity contribution in [1.29, 1.82) is 4.78 Å². The van der Waals surface area contributed by atoms with Crippen LogP contribution in [0.1, 0.15) is 32.1 Å². The third-order valence-electron chi connectivity index (χ3n) is 3.26. The molecule has 5 N–H and O–H groups in total. The Kier molecular flexibility index (Phi) is 4.51. The highest BCUT2D eigenvalue weighted by Crippen LogP contribution is 2.34. The van der Waals surface area contributed by atoms with Crippen LogP contribution in [0.3, 0.4) is 0 Å². The number of hydrogen-bond acceptors (Lipinski definition) is 5. The molecule has 0 aromatic rings. The van der Waals surface area contributed by atoms with Crippen molar-refractivity contribution < 1.29 is 19.2 Å². The smallest absolute Gasteiger partial charge is 0.320 e. The Hall–Kier alpha value is -0.660. The quantitative estimate of drug-likeness (QED) is 0.520. The molecule has 0 aliphatic heterocycles. The normalized spacial score (nSPS) is 23.4. The molecule has 1 saturated carbocycles. The average Bonchev–Trinajstić information content (AvgIpc) is 2.20. The van der Waals surface area contributed by atoms with E-state index in [-0.39, 0.29) is 17.9 Å². The van der Waals surface area contributed by atoms with Crippen LogP contribution >= 0.6 is 0 Å². The van der Waals surface area contributed by atoms with Gasteiger partial charge in [0.1, 0.15) is 6.04 Å². The van der Waals surface area contributed by atoms with E-state index >= 15 is 0 Å². The van der Waals surface area contributed by atoms with Gasteiger partial charge in [0, 0.05) is 21.2 Å². The summed E-state index contributed by atoms with van der Waals surface area (Å²) in [6.07, 6.45) is 2.78. The van der Waals surface area contributed by atoms with Gasteiger partial charge < -0.3 is 15.9 Å². The van der Waals surface area contributed by atoms with Gasteiger partial charge in [0.25, 0.3) is 0 Å². The van der Waals surface area contributed by atoms with Crippen molar-refractivity contribution in [3.8, 4) is 0 Å². The van der Waals surface area contributed by atoms with Crippen LogP contribution < -0.4 is 5.73 Å². The van der Waals surface area contributed by atoms with E-state index in [2.05, 4.69) is 0 Å². The highest BCUT2D eigenvalue weighted by Gasteiger charge is 2.34. The first-order chi connectivity index (χ1) is 7.74. The van der Waals surface area contributed by atoms with Gasteiger partial charge in [-0.05, 0) is 32.1 Å². The van der Waals surface area contributed by atoms with Gasteiger partial charge in [-0.15, -0.1) is 0 Å². The number of carboxylic acid groups (broad SMARTS) is 1. The fourth-order valence-electron chi connectivity index (χ4n) is 1.73. The topological polar surface area (TPSA) is 124 Å². The second kappa shape index (κ2) is 5.32. The van der Waals surface area contributed by atoms with Crippen LogP contribution in [0.2, 0.25) is 0 Å². The monoisotopic (exact) mass is 264 g/mol. The molecule has 0 heterocycles. The number of carboxylic acids is 1. The molecule has 0 bridgehead atoms. The molecule has 2 unspecified atom stereocenters. The van der Waals surface area contributed by atoms with Crippen LogP contribution in [-0.4, -0.2) is 43.5 Å². The summed E-state index contributed by atoms with van der Waals surface area (Å²) in [6, 6.07) is -1.06. The molecule has 0 aromatic heterocycles. The van der Waals surface area contributed by atoms with Crippen molar-refractivity contribution in [1.82, 2.24) is 0 Å². The third-order valence-corrected chi connectivity index (χ3v) is 5.02. The fraction of sp³-hybridized carbons (Fsp3) is 0.900. The highest BCUT2D eigenvalue weighted by molar-refractivity contribution is 7.92. The Bertz CT molecular complexity index is 376. The standard InChI is InChI=1S/C10H20N2O4S/c11-8(9(13)14)2-6-17(12,16)7-5-10(15)3-1-4-10/h8,12,15H,1-7,11H2,(H,13,14).